The number of aromatic nitrogens is 2. The Bertz CT molecular complexity index is 581. The molecule has 1 atom stereocenters. The molecule has 0 bridgehead atoms. The zero-order valence-corrected chi connectivity index (χ0v) is 12.8. The monoisotopic (exact) mass is 289 g/mol. The highest BCUT2D eigenvalue weighted by atomic mass is 16.5. The van der Waals surface area contributed by atoms with Gasteiger partial charge in [0.2, 0.25) is 0 Å². The summed E-state index contributed by atoms with van der Waals surface area (Å²) in [4.78, 5) is 0. The predicted molar refractivity (Wildman–Crippen MR) is 82.3 cm³/mol. The third-order valence-corrected chi connectivity index (χ3v) is 3.23. The van der Waals surface area contributed by atoms with E-state index in [1.807, 2.05) is 51.4 Å². The van der Waals surface area contributed by atoms with Crippen molar-refractivity contribution in [2.24, 2.45) is 7.05 Å². The standard InChI is InChI=1S/C16H23N3O2/c1-12-4-5-13(2)16(8-12)21-11-15(20)10-17-9-14-6-7-19(3)18-14/h4-8,15,17,20H,9-11H2,1-3H3. The third-order valence-electron chi connectivity index (χ3n) is 3.23. The maximum atomic E-state index is 9.94. The Morgan fingerprint density at radius 3 is 2.86 bits per heavy atom. The summed E-state index contributed by atoms with van der Waals surface area (Å²) >= 11 is 0. The zero-order valence-electron chi connectivity index (χ0n) is 12.8. The van der Waals surface area contributed by atoms with E-state index in [2.05, 4.69) is 10.4 Å². The van der Waals surface area contributed by atoms with Crippen molar-refractivity contribution in [2.75, 3.05) is 13.2 Å². The summed E-state index contributed by atoms with van der Waals surface area (Å²) in [5.74, 6) is 0.832. The zero-order chi connectivity index (χ0) is 15.2. The van der Waals surface area contributed by atoms with Gasteiger partial charge in [0.15, 0.2) is 0 Å². The van der Waals surface area contributed by atoms with Crippen LogP contribution in [0.5, 0.6) is 5.75 Å². The summed E-state index contributed by atoms with van der Waals surface area (Å²) in [5.41, 5.74) is 3.19. The molecule has 5 heteroatoms. The van der Waals surface area contributed by atoms with Gasteiger partial charge >= 0.3 is 0 Å². The number of nitrogens with one attached hydrogen (secondary N) is 1. The second kappa shape index (κ2) is 7.24. The lowest BCUT2D eigenvalue weighted by molar-refractivity contribution is 0.105. The topological polar surface area (TPSA) is 59.3 Å². The van der Waals surface area contributed by atoms with Gasteiger partial charge in [0, 0.05) is 26.3 Å². The molecule has 1 aromatic heterocycles. The van der Waals surface area contributed by atoms with Crippen molar-refractivity contribution in [1.82, 2.24) is 15.1 Å². The molecule has 21 heavy (non-hydrogen) atoms. The number of ether oxygens (including phenoxy) is 1. The molecule has 1 aromatic carbocycles. The largest absolute Gasteiger partial charge is 0.491 e. The molecule has 1 unspecified atom stereocenters. The van der Waals surface area contributed by atoms with E-state index in [1.165, 1.54) is 0 Å². The van der Waals surface area contributed by atoms with E-state index in [0.29, 0.717) is 13.1 Å². The molecule has 0 aliphatic rings. The normalized spacial score (nSPS) is 12.4. The van der Waals surface area contributed by atoms with Gasteiger partial charge in [0.1, 0.15) is 18.5 Å². The highest BCUT2D eigenvalue weighted by Gasteiger charge is 2.07. The SMILES string of the molecule is Cc1ccc(C)c(OCC(O)CNCc2ccn(C)n2)c1. The molecule has 2 aromatic rings. The first-order chi connectivity index (χ1) is 10.0. The van der Waals surface area contributed by atoms with Crippen LogP contribution in [0.2, 0.25) is 0 Å². The van der Waals surface area contributed by atoms with Crippen molar-refractivity contribution in [1.29, 1.82) is 0 Å². The Balaban J connectivity index is 1.72. The average Bonchev–Trinajstić information content (AvgIpc) is 2.85. The highest BCUT2D eigenvalue weighted by molar-refractivity contribution is 5.35. The molecule has 0 saturated heterocycles. The van der Waals surface area contributed by atoms with Crippen molar-refractivity contribution in [3.63, 3.8) is 0 Å². The second-order valence-corrected chi connectivity index (χ2v) is 5.35. The number of aryl methyl sites for hydroxylation is 3. The number of rotatable bonds is 7. The van der Waals surface area contributed by atoms with Crippen LogP contribution in [0.3, 0.4) is 0 Å². The fourth-order valence-electron chi connectivity index (χ4n) is 2.03. The number of aliphatic hydroxyl groups excluding tert-OH is 1. The average molecular weight is 289 g/mol. The summed E-state index contributed by atoms with van der Waals surface area (Å²) in [6.45, 7) is 5.42. The molecule has 0 aliphatic carbocycles. The molecule has 0 saturated carbocycles. The van der Waals surface area contributed by atoms with Crippen LogP contribution in [0.25, 0.3) is 0 Å². The lowest BCUT2D eigenvalue weighted by Gasteiger charge is -2.14. The van der Waals surface area contributed by atoms with Crippen molar-refractivity contribution in [2.45, 2.75) is 26.5 Å². The first-order valence-electron chi connectivity index (χ1n) is 7.12. The Labute approximate surface area is 125 Å². The van der Waals surface area contributed by atoms with Gasteiger partial charge in [-0.25, -0.2) is 0 Å². The predicted octanol–water partition coefficient (Wildman–Crippen LogP) is 1.57. The molecule has 0 amide bonds. The maximum Gasteiger partial charge on any atom is 0.122 e. The van der Waals surface area contributed by atoms with E-state index >= 15 is 0 Å². The lowest BCUT2D eigenvalue weighted by atomic mass is 10.1. The Morgan fingerprint density at radius 2 is 2.14 bits per heavy atom. The number of benzene rings is 1. The minimum absolute atomic E-state index is 0.277. The van der Waals surface area contributed by atoms with Crippen LogP contribution in [-0.4, -0.2) is 34.1 Å². The third kappa shape index (κ3) is 4.88. The first-order valence-corrected chi connectivity index (χ1v) is 7.12. The van der Waals surface area contributed by atoms with Gasteiger partial charge in [-0.2, -0.15) is 5.10 Å². The Kier molecular flexibility index (Phi) is 5.36. The molecule has 2 N–H and O–H groups in total. The lowest BCUT2D eigenvalue weighted by Crippen LogP contribution is -2.31. The summed E-state index contributed by atoms with van der Waals surface area (Å²) in [6.07, 6.45) is 1.35. The fourth-order valence-corrected chi connectivity index (χ4v) is 2.03. The van der Waals surface area contributed by atoms with Crippen LogP contribution < -0.4 is 10.1 Å². The van der Waals surface area contributed by atoms with Crippen LogP contribution in [0.1, 0.15) is 16.8 Å². The summed E-state index contributed by atoms with van der Waals surface area (Å²) in [7, 11) is 1.89. The number of hydrogen-bond donors (Lipinski definition) is 2. The van der Waals surface area contributed by atoms with Gasteiger partial charge in [-0.05, 0) is 37.1 Å². The molecule has 114 valence electrons. The smallest absolute Gasteiger partial charge is 0.122 e. The van der Waals surface area contributed by atoms with E-state index in [4.69, 9.17) is 4.74 Å². The molecule has 5 nitrogen and oxygen atoms in total. The van der Waals surface area contributed by atoms with Crippen LogP contribution in [0.4, 0.5) is 0 Å². The maximum absolute atomic E-state index is 9.94. The quantitative estimate of drug-likeness (QED) is 0.812. The van der Waals surface area contributed by atoms with Crippen LogP contribution in [0, 0.1) is 13.8 Å². The fraction of sp³-hybridized carbons (Fsp3) is 0.438. The second-order valence-electron chi connectivity index (χ2n) is 5.35. The summed E-state index contributed by atoms with van der Waals surface area (Å²) in [6, 6.07) is 8.01. The van der Waals surface area contributed by atoms with E-state index in [-0.39, 0.29) is 6.61 Å². The molecule has 0 spiro atoms. The summed E-state index contributed by atoms with van der Waals surface area (Å²) in [5, 5.41) is 17.4. The number of aliphatic hydroxyl groups is 1. The Morgan fingerprint density at radius 1 is 1.33 bits per heavy atom. The minimum Gasteiger partial charge on any atom is -0.491 e. The van der Waals surface area contributed by atoms with Gasteiger partial charge in [0.25, 0.3) is 0 Å². The van der Waals surface area contributed by atoms with Crippen molar-refractivity contribution >= 4 is 0 Å². The van der Waals surface area contributed by atoms with Crippen LogP contribution in [-0.2, 0) is 13.6 Å². The first kappa shape index (κ1) is 15.5. The van der Waals surface area contributed by atoms with E-state index < -0.39 is 6.10 Å². The molecule has 2 rings (SSSR count). The van der Waals surface area contributed by atoms with Crippen molar-refractivity contribution in [3.05, 3.63) is 47.3 Å². The molecule has 1 heterocycles. The molecule has 0 radical (unpaired) electrons. The molecule has 0 aliphatic heterocycles. The van der Waals surface area contributed by atoms with E-state index in [1.54, 1.807) is 4.68 Å². The molecular formula is C16H23N3O2. The van der Waals surface area contributed by atoms with Gasteiger partial charge in [-0.1, -0.05) is 12.1 Å². The van der Waals surface area contributed by atoms with Crippen molar-refractivity contribution < 1.29 is 9.84 Å². The molecule has 0 fully saturated rings. The number of nitrogens with zero attached hydrogens (tertiary/aromatic N) is 2. The van der Waals surface area contributed by atoms with Crippen molar-refractivity contribution in [3.8, 4) is 5.75 Å². The van der Waals surface area contributed by atoms with Gasteiger partial charge in [-0.15, -0.1) is 0 Å². The van der Waals surface area contributed by atoms with Gasteiger partial charge in [0.05, 0.1) is 5.69 Å². The highest BCUT2D eigenvalue weighted by Crippen LogP contribution is 2.19. The minimum atomic E-state index is -0.548. The Hall–Kier alpha value is -1.85. The van der Waals surface area contributed by atoms with E-state index in [0.717, 1.165) is 22.6 Å². The van der Waals surface area contributed by atoms with Crippen LogP contribution in [0.15, 0.2) is 30.5 Å². The van der Waals surface area contributed by atoms with Gasteiger partial charge in [-0.3, -0.25) is 4.68 Å². The molecular weight excluding hydrogens is 266 g/mol. The van der Waals surface area contributed by atoms with Crippen LogP contribution >= 0.6 is 0 Å². The number of hydrogen-bond acceptors (Lipinski definition) is 4. The van der Waals surface area contributed by atoms with E-state index in [9.17, 15) is 5.11 Å². The summed E-state index contributed by atoms with van der Waals surface area (Å²) < 4.78 is 7.44. The van der Waals surface area contributed by atoms with Gasteiger partial charge < -0.3 is 15.2 Å².